The van der Waals surface area contributed by atoms with Crippen molar-refractivity contribution in [2.45, 2.75) is 6.92 Å². The second kappa shape index (κ2) is 11.9. The highest BCUT2D eigenvalue weighted by Crippen LogP contribution is 2.26. The van der Waals surface area contributed by atoms with Crippen molar-refractivity contribution < 1.29 is 24.0 Å². The van der Waals surface area contributed by atoms with Gasteiger partial charge in [0.15, 0.2) is 0 Å². The first kappa shape index (κ1) is 25.6. The molecule has 0 aliphatic heterocycles. The van der Waals surface area contributed by atoms with Crippen LogP contribution in [0.15, 0.2) is 83.6 Å². The van der Waals surface area contributed by atoms with E-state index in [9.17, 15) is 19.7 Å². The second-order valence-corrected chi connectivity index (χ2v) is 7.43. The first-order valence-corrected chi connectivity index (χ1v) is 10.7. The normalized spacial score (nSPS) is 11.4. The average Bonchev–Trinajstić information content (AvgIpc) is 2.91. The largest absolute Gasteiger partial charge is 0.497 e. The first-order chi connectivity index (χ1) is 17.3. The van der Waals surface area contributed by atoms with Gasteiger partial charge in [-0.1, -0.05) is 30.3 Å². The molecular weight excluding hydrogens is 464 g/mol. The van der Waals surface area contributed by atoms with Crippen LogP contribution in [0.25, 0.3) is 6.08 Å². The van der Waals surface area contributed by atoms with Gasteiger partial charge in [-0.05, 0) is 37.3 Å². The molecule has 184 valence electrons. The number of carbonyl (C=O) groups excluding carboxylic acids is 2. The molecule has 0 aliphatic carbocycles. The maximum atomic E-state index is 13.1. The van der Waals surface area contributed by atoms with Crippen LogP contribution in [0.3, 0.4) is 0 Å². The third-order valence-corrected chi connectivity index (χ3v) is 5.07. The average molecular weight is 489 g/mol. The molecule has 36 heavy (non-hydrogen) atoms. The Morgan fingerprint density at radius 3 is 2.33 bits per heavy atom. The Balaban J connectivity index is 1.92. The molecule has 3 aromatic rings. The Morgan fingerprint density at radius 1 is 0.944 bits per heavy atom. The summed E-state index contributed by atoms with van der Waals surface area (Å²) < 4.78 is 10.6. The van der Waals surface area contributed by atoms with Crippen LogP contribution in [0.5, 0.6) is 11.5 Å². The zero-order chi connectivity index (χ0) is 26.1. The number of nitro groups is 1. The number of benzene rings is 3. The molecule has 0 spiro atoms. The third-order valence-electron chi connectivity index (χ3n) is 5.07. The van der Waals surface area contributed by atoms with E-state index < -0.39 is 16.7 Å². The Morgan fingerprint density at radius 2 is 1.67 bits per heavy atom. The number of nitro benzene ring substituents is 1. The highest BCUT2D eigenvalue weighted by atomic mass is 16.6. The zero-order valence-corrected chi connectivity index (χ0v) is 19.8. The van der Waals surface area contributed by atoms with Crippen LogP contribution in [0.4, 0.5) is 5.69 Å². The van der Waals surface area contributed by atoms with E-state index in [0.29, 0.717) is 33.9 Å². The van der Waals surface area contributed by atoms with Gasteiger partial charge in [0, 0.05) is 34.9 Å². The summed E-state index contributed by atoms with van der Waals surface area (Å²) in [6.45, 7) is 1.60. The van der Waals surface area contributed by atoms with Crippen LogP contribution >= 0.6 is 0 Å². The fourth-order valence-electron chi connectivity index (χ4n) is 3.14. The number of carbonyl (C=O) groups is 2. The molecule has 0 unspecified atom stereocenters. The lowest BCUT2D eigenvalue weighted by atomic mass is 10.1. The summed E-state index contributed by atoms with van der Waals surface area (Å²) >= 11 is 0. The molecule has 2 N–H and O–H groups in total. The summed E-state index contributed by atoms with van der Waals surface area (Å²) in [4.78, 5) is 36.4. The molecule has 0 heterocycles. The topological polar surface area (TPSA) is 132 Å². The quantitative estimate of drug-likeness (QED) is 0.203. The molecule has 3 rings (SSSR count). The second-order valence-electron chi connectivity index (χ2n) is 7.43. The number of amides is 2. The van der Waals surface area contributed by atoms with E-state index in [1.165, 1.54) is 38.5 Å². The minimum absolute atomic E-state index is 0.0945. The molecule has 0 aliphatic rings. The monoisotopic (exact) mass is 488 g/mol. The van der Waals surface area contributed by atoms with Crippen LogP contribution in [-0.2, 0) is 4.79 Å². The van der Waals surface area contributed by atoms with E-state index in [4.69, 9.17) is 9.47 Å². The summed E-state index contributed by atoms with van der Waals surface area (Å²) in [5.41, 5.74) is 3.86. The molecule has 0 fully saturated rings. The van der Waals surface area contributed by atoms with Gasteiger partial charge in [-0.15, -0.1) is 0 Å². The predicted molar refractivity (Wildman–Crippen MR) is 135 cm³/mol. The standard InChI is InChI=1S/C26H24N4O6/c1-17(19-10-7-11-21(14-19)30(33)34)28-29-26(32)23(27-25(31)18-8-5-4-6-9-18)15-20-12-13-22(35-2)16-24(20)36-3/h4-16H,1-3H3,(H,27,31)(H,29,32)/b23-15+,28-17+. The molecular formula is C26H24N4O6. The molecule has 0 saturated carbocycles. The van der Waals surface area contributed by atoms with Gasteiger partial charge in [0.25, 0.3) is 17.5 Å². The van der Waals surface area contributed by atoms with Gasteiger partial charge < -0.3 is 14.8 Å². The Labute approximate surface area is 207 Å². The summed E-state index contributed by atoms with van der Waals surface area (Å²) in [6.07, 6.45) is 1.45. The molecule has 10 heteroatoms. The molecule has 0 radical (unpaired) electrons. The molecule has 0 aromatic heterocycles. The van der Waals surface area contributed by atoms with E-state index >= 15 is 0 Å². The summed E-state index contributed by atoms with van der Waals surface area (Å²) in [6, 6.07) is 19.3. The van der Waals surface area contributed by atoms with Gasteiger partial charge in [0.2, 0.25) is 0 Å². The Kier molecular flexibility index (Phi) is 8.49. The van der Waals surface area contributed by atoms with Gasteiger partial charge in [-0.3, -0.25) is 19.7 Å². The van der Waals surface area contributed by atoms with Crippen molar-refractivity contribution in [2.75, 3.05) is 14.2 Å². The summed E-state index contributed by atoms with van der Waals surface area (Å²) in [5.74, 6) is -0.226. The summed E-state index contributed by atoms with van der Waals surface area (Å²) in [5, 5.41) is 17.7. The Hall–Kier alpha value is -4.99. The molecule has 0 bridgehead atoms. The maximum absolute atomic E-state index is 13.1. The molecule has 10 nitrogen and oxygen atoms in total. The van der Waals surface area contributed by atoms with E-state index in [1.807, 2.05) is 0 Å². The number of ether oxygens (including phenoxy) is 2. The number of rotatable bonds is 9. The molecule has 0 atom stereocenters. The van der Waals surface area contributed by atoms with E-state index in [0.717, 1.165) is 0 Å². The van der Waals surface area contributed by atoms with Gasteiger partial charge in [-0.25, -0.2) is 5.43 Å². The van der Waals surface area contributed by atoms with Crippen LogP contribution in [0.2, 0.25) is 0 Å². The number of nitrogens with zero attached hydrogens (tertiary/aromatic N) is 2. The fourth-order valence-corrected chi connectivity index (χ4v) is 3.14. The van der Waals surface area contributed by atoms with Crippen LogP contribution in [-0.4, -0.2) is 36.7 Å². The van der Waals surface area contributed by atoms with Crippen molar-refractivity contribution in [3.8, 4) is 11.5 Å². The Bertz CT molecular complexity index is 1340. The van der Waals surface area contributed by atoms with E-state index in [-0.39, 0.29) is 11.4 Å². The minimum atomic E-state index is -0.707. The molecule has 0 saturated heterocycles. The van der Waals surface area contributed by atoms with Gasteiger partial charge in [0.05, 0.1) is 24.9 Å². The first-order valence-electron chi connectivity index (χ1n) is 10.7. The minimum Gasteiger partial charge on any atom is -0.497 e. The zero-order valence-electron chi connectivity index (χ0n) is 19.8. The molecule has 3 aromatic carbocycles. The fraction of sp³-hybridized carbons (Fsp3) is 0.115. The van der Waals surface area contributed by atoms with Crippen LogP contribution in [0, 0.1) is 10.1 Å². The van der Waals surface area contributed by atoms with Crippen molar-refractivity contribution >= 4 is 29.3 Å². The van der Waals surface area contributed by atoms with Crippen molar-refractivity contribution in [3.63, 3.8) is 0 Å². The van der Waals surface area contributed by atoms with Crippen molar-refractivity contribution in [1.29, 1.82) is 0 Å². The van der Waals surface area contributed by atoms with Crippen LogP contribution < -0.4 is 20.2 Å². The van der Waals surface area contributed by atoms with E-state index in [1.54, 1.807) is 61.5 Å². The lowest BCUT2D eigenvalue weighted by Crippen LogP contribution is -2.33. The van der Waals surface area contributed by atoms with Crippen molar-refractivity contribution in [1.82, 2.24) is 10.7 Å². The van der Waals surface area contributed by atoms with Gasteiger partial charge in [0.1, 0.15) is 17.2 Å². The number of hydrogen-bond acceptors (Lipinski definition) is 7. The third kappa shape index (κ3) is 6.54. The van der Waals surface area contributed by atoms with Crippen LogP contribution in [0.1, 0.15) is 28.4 Å². The van der Waals surface area contributed by atoms with Gasteiger partial charge in [-0.2, -0.15) is 5.10 Å². The number of hydrogen-bond donors (Lipinski definition) is 2. The number of nitrogens with one attached hydrogen (secondary N) is 2. The number of hydrazone groups is 1. The predicted octanol–water partition coefficient (Wildman–Crippen LogP) is 3.92. The number of non-ortho nitro benzene ring substituents is 1. The van der Waals surface area contributed by atoms with E-state index in [2.05, 4.69) is 15.8 Å². The number of methoxy groups -OCH3 is 2. The lowest BCUT2D eigenvalue weighted by Gasteiger charge is -2.12. The SMILES string of the molecule is COc1ccc(/C=C(/NC(=O)c2ccccc2)C(=O)N/N=C(\C)c2cccc([N+](=O)[O-])c2)c(OC)c1. The highest BCUT2D eigenvalue weighted by molar-refractivity contribution is 6.06. The smallest absolute Gasteiger partial charge is 0.287 e. The maximum Gasteiger partial charge on any atom is 0.287 e. The van der Waals surface area contributed by atoms with Crippen molar-refractivity contribution in [2.24, 2.45) is 5.10 Å². The molecule has 2 amide bonds. The van der Waals surface area contributed by atoms with Gasteiger partial charge >= 0.3 is 0 Å². The summed E-state index contributed by atoms with van der Waals surface area (Å²) in [7, 11) is 2.99. The lowest BCUT2D eigenvalue weighted by molar-refractivity contribution is -0.384. The van der Waals surface area contributed by atoms with Crippen molar-refractivity contribution in [3.05, 3.63) is 105 Å². The highest BCUT2D eigenvalue weighted by Gasteiger charge is 2.16.